The minimum atomic E-state index is -4.46. The minimum absolute atomic E-state index is 0.139. The van der Waals surface area contributed by atoms with Gasteiger partial charge in [-0.1, -0.05) is 11.6 Å². The van der Waals surface area contributed by atoms with Crippen LogP contribution in [0, 0.1) is 37.0 Å². The summed E-state index contributed by atoms with van der Waals surface area (Å²) < 4.78 is 43.3. The Morgan fingerprint density at radius 1 is 0.911 bits per heavy atom. The zero-order chi connectivity index (χ0) is 32.1. The Hall–Kier alpha value is -4.20. The number of aromatic nitrogens is 5. The third kappa shape index (κ3) is 7.05. The van der Waals surface area contributed by atoms with E-state index in [1.807, 2.05) is 22.6 Å². The van der Waals surface area contributed by atoms with Crippen LogP contribution in [0.2, 0.25) is 0 Å². The molecule has 2 saturated carbocycles. The fraction of sp³-hybridized carbons (Fsp3) is 0.500. The normalized spacial score (nSPS) is 15.4. The number of anilines is 2. The fourth-order valence-electron chi connectivity index (χ4n) is 5.83. The number of hydrogen-bond donors (Lipinski definition) is 0. The van der Waals surface area contributed by atoms with Crippen molar-refractivity contribution in [1.29, 1.82) is 5.26 Å². The lowest BCUT2D eigenvalue weighted by Gasteiger charge is -2.30. The molecule has 11 heteroatoms. The maximum Gasteiger partial charge on any atom is 0.416 e. The number of nitriles is 1. The second-order valence-corrected chi connectivity index (χ2v) is 13.7. The van der Waals surface area contributed by atoms with E-state index in [0.717, 1.165) is 47.3 Å². The van der Waals surface area contributed by atoms with Crippen LogP contribution < -0.4 is 9.80 Å². The van der Waals surface area contributed by atoms with Crippen molar-refractivity contribution in [2.75, 3.05) is 22.9 Å². The molecule has 2 fully saturated rings. The summed E-state index contributed by atoms with van der Waals surface area (Å²) in [7, 11) is 0. The largest absolute Gasteiger partial charge is 0.416 e. The summed E-state index contributed by atoms with van der Waals surface area (Å²) in [5.74, 6) is 2.47. The van der Waals surface area contributed by atoms with Crippen LogP contribution in [0.5, 0.6) is 0 Å². The zero-order valence-corrected chi connectivity index (χ0v) is 26.5. The third-order valence-corrected chi connectivity index (χ3v) is 8.43. The molecule has 3 heterocycles. The molecule has 0 N–H and O–H groups in total. The number of nitrogens with zero attached hydrogens (tertiary/aromatic N) is 8. The highest BCUT2D eigenvalue weighted by atomic mass is 19.4. The minimum Gasteiger partial charge on any atom is -0.356 e. The standard InChI is InChI=1S/C34H39F3N8/c1-21-10-25(12-28(11-21)34(35,36)37)19-44(32-39-15-26(14-38)16-40-32)20-27-13-29-22(2)42-45(33(3,4)5)31(29)41-30(27)43(17-23-6-7-23)18-24-8-9-24/h10-13,15-16,23-24H,6-9,17-20H2,1-5H3. The van der Waals surface area contributed by atoms with Crippen molar-refractivity contribution in [1.82, 2.24) is 24.7 Å². The first-order chi connectivity index (χ1) is 21.3. The Morgan fingerprint density at radius 3 is 2.11 bits per heavy atom. The second-order valence-electron chi connectivity index (χ2n) is 13.7. The third-order valence-electron chi connectivity index (χ3n) is 8.43. The highest BCUT2D eigenvalue weighted by Crippen LogP contribution is 2.38. The first-order valence-corrected chi connectivity index (χ1v) is 15.6. The predicted molar refractivity (Wildman–Crippen MR) is 168 cm³/mol. The summed E-state index contributed by atoms with van der Waals surface area (Å²) in [5.41, 5.74) is 2.99. The van der Waals surface area contributed by atoms with Crippen molar-refractivity contribution < 1.29 is 13.2 Å². The molecule has 0 spiro atoms. The molecule has 6 rings (SSSR count). The smallest absolute Gasteiger partial charge is 0.356 e. The molecular weight excluding hydrogens is 577 g/mol. The van der Waals surface area contributed by atoms with E-state index in [2.05, 4.69) is 41.7 Å². The van der Waals surface area contributed by atoms with Crippen molar-refractivity contribution in [3.63, 3.8) is 0 Å². The molecule has 0 atom stereocenters. The summed E-state index contributed by atoms with van der Waals surface area (Å²) in [4.78, 5) is 18.6. The molecule has 3 aromatic heterocycles. The maximum absolute atomic E-state index is 13.8. The summed E-state index contributed by atoms with van der Waals surface area (Å²) in [6.07, 6.45) is 3.25. The molecule has 45 heavy (non-hydrogen) atoms. The number of benzene rings is 1. The SMILES string of the molecule is Cc1cc(CN(Cc2cc3c(C)nn(C(C)(C)C)c3nc2N(CC2CC2)CC2CC2)c2ncc(C#N)cn2)cc(C(F)(F)F)c1. The van der Waals surface area contributed by atoms with Crippen molar-refractivity contribution >= 4 is 22.8 Å². The molecular formula is C34H39F3N8. The van der Waals surface area contributed by atoms with Crippen LogP contribution in [0.25, 0.3) is 11.0 Å². The molecule has 0 saturated heterocycles. The topological polar surface area (TPSA) is 86.8 Å². The van der Waals surface area contributed by atoms with Gasteiger partial charge in [-0.2, -0.15) is 23.5 Å². The summed E-state index contributed by atoms with van der Waals surface area (Å²) in [5, 5.41) is 15.2. The van der Waals surface area contributed by atoms with Gasteiger partial charge in [-0.15, -0.1) is 0 Å². The molecule has 4 aromatic rings. The van der Waals surface area contributed by atoms with E-state index in [1.165, 1.54) is 44.1 Å². The van der Waals surface area contributed by atoms with E-state index in [0.29, 0.717) is 41.0 Å². The Bertz CT molecular complexity index is 1730. The van der Waals surface area contributed by atoms with E-state index in [4.69, 9.17) is 10.1 Å². The number of alkyl halides is 3. The number of halogens is 3. The van der Waals surface area contributed by atoms with Crippen LogP contribution in [0.15, 0.2) is 36.7 Å². The quantitative estimate of drug-likeness (QED) is 0.185. The van der Waals surface area contributed by atoms with Crippen LogP contribution in [0.4, 0.5) is 24.9 Å². The lowest BCUT2D eigenvalue weighted by atomic mass is 10.1. The van der Waals surface area contributed by atoms with Gasteiger partial charge in [-0.05, 0) is 95.9 Å². The molecule has 0 amide bonds. The molecule has 0 bridgehead atoms. The molecule has 8 nitrogen and oxygen atoms in total. The van der Waals surface area contributed by atoms with E-state index < -0.39 is 11.7 Å². The number of aryl methyl sites for hydroxylation is 2. The summed E-state index contributed by atoms with van der Waals surface area (Å²) in [6, 6.07) is 8.30. The maximum atomic E-state index is 13.8. The van der Waals surface area contributed by atoms with E-state index in [-0.39, 0.29) is 12.1 Å². The average molecular weight is 617 g/mol. The first-order valence-electron chi connectivity index (χ1n) is 15.6. The fourth-order valence-corrected chi connectivity index (χ4v) is 5.83. The van der Waals surface area contributed by atoms with Crippen molar-refractivity contribution in [3.8, 4) is 6.07 Å². The zero-order valence-electron chi connectivity index (χ0n) is 26.5. The number of rotatable bonds is 10. The molecule has 2 aliphatic rings. The van der Waals surface area contributed by atoms with Gasteiger partial charge in [0.05, 0.1) is 34.8 Å². The Morgan fingerprint density at radius 2 is 1.56 bits per heavy atom. The van der Waals surface area contributed by atoms with Gasteiger partial charge >= 0.3 is 6.18 Å². The lowest BCUT2D eigenvalue weighted by Crippen LogP contribution is -2.32. The highest BCUT2D eigenvalue weighted by Gasteiger charge is 2.33. The average Bonchev–Trinajstić information content (AvgIpc) is 3.91. The monoisotopic (exact) mass is 616 g/mol. The second kappa shape index (κ2) is 11.6. The van der Waals surface area contributed by atoms with Gasteiger partial charge in [-0.3, -0.25) is 0 Å². The van der Waals surface area contributed by atoms with E-state index in [1.54, 1.807) is 13.0 Å². The Labute approximate surface area is 261 Å². The predicted octanol–water partition coefficient (Wildman–Crippen LogP) is 7.32. The van der Waals surface area contributed by atoms with Gasteiger partial charge in [0.25, 0.3) is 0 Å². The number of fused-ring (bicyclic) bond motifs is 1. The summed E-state index contributed by atoms with van der Waals surface area (Å²) >= 11 is 0. The number of pyridine rings is 1. The highest BCUT2D eigenvalue weighted by molar-refractivity contribution is 5.82. The Balaban J connectivity index is 1.47. The lowest BCUT2D eigenvalue weighted by molar-refractivity contribution is -0.137. The van der Waals surface area contributed by atoms with Gasteiger partial charge < -0.3 is 9.80 Å². The summed E-state index contributed by atoms with van der Waals surface area (Å²) in [6.45, 7) is 12.3. The first kappa shape index (κ1) is 30.8. The van der Waals surface area contributed by atoms with E-state index >= 15 is 0 Å². The molecule has 1 aromatic carbocycles. The van der Waals surface area contributed by atoms with Gasteiger partial charge in [0, 0.05) is 37.1 Å². The van der Waals surface area contributed by atoms with Crippen LogP contribution >= 0.6 is 0 Å². The van der Waals surface area contributed by atoms with Gasteiger partial charge in [0.15, 0.2) is 5.65 Å². The molecule has 0 unspecified atom stereocenters. The van der Waals surface area contributed by atoms with Gasteiger partial charge in [0.1, 0.15) is 11.9 Å². The molecule has 0 radical (unpaired) electrons. The van der Waals surface area contributed by atoms with Crippen molar-refractivity contribution in [2.45, 2.75) is 85.1 Å². The van der Waals surface area contributed by atoms with Crippen LogP contribution in [-0.4, -0.2) is 37.8 Å². The molecule has 2 aliphatic carbocycles. The van der Waals surface area contributed by atoms with E-state index in [9.17, 15) is 18.4 Å². The van der Waals surface area contributed by atoms with Crippen molar-refractivity contribution in [2.24, 2.45) is 11.8 Å². The van der Waals surface area contributed by atoms with Gasteiger partial charge in [-0.25, -0.2) is 19.6 Å². The van der Waals surface area contributed by atoms with Crippen LogP contribution in [0.3, 0.4) is 0 Å². The van der Waals surface area contributed by atoms with Crippen molar-refractivity contribution in [3.05, 3.63) is 70.2 Å². The Kier molecular flexibility index (Phi) is 7.96. The van der Waals surface area contributed by atoms with Crippen LogP contribution in [0.1, 0.15) is 80.0 Å². The molecule has 236 valence electrons. The van der Waals surface area contributed by atoms with Crippen LogP contribution in [-0.2, 0) is 24.8 Å². The van der Waals surface area contributed by atoms with Gasteiger partial charge in [0.2, 0.25) is 5.95 Å². The number of hydrogen-bond acceptors (Lipinski definition) is 7. The molecule has 0 aliphatic heterocycles.